The number of carbonyl (C=O) groups excluding carboxylic acids is 1. The lowest BCUT2D eigenvalue weighted by Crippen LogP contribution is -1.90. The van der Waals surface area contributed by atoms with Crippen molar-refractivity contribution < 1.29 is 9.90 Å². The first-order valence-corrected chi connectivity index (χ1v) is 3.64. The maximum Gasteiger partial charge on any atom is 0.129 e. The lowest BCUT2D eigenvalue weighted by molar-refractivity contribution is -0.116. The summed E-state index contributed by atoms with van der Waals surface area (Å²) in [7, 11) is 0. The fraction of sp³-hybridized carbons (Fsp3) is 0.875. The van der Waals surface area contributed by atoms with Crippen molar-refractivity contribution in [1.82, 2.24) is 0 Å². The zero-order valence-corrected chi connectivity index (χ0v) is 7.35. The summed E-state index contributed by atoms with van der Waals surface area (Å²) >= 11 is 0. The summed E-state index contributed by atoms with van der Waals surface area (Å²) in [4.78, 5) is 9.81. The highest BCUT2D eigenvalue weighted by Crippen LogP contribution is 1.83. The molecular weight excluding hydrogens is 128 g/mol. The lowest BCUT2D eigenvalue weighted by Gasteiger charge is -1.90. The second-order valence-corrected chi connectivity index (χ2v) is 2.63. The van der Waals surface area contributed by atoms with Crippen molar-refractivity contribution in [1.29, 1.82) is 0 Å². The minimum Gasteiger partial charge on any atom is -0.396 e. The van der Waals surface area contributed by atoms with Gasteiger partial charge in [-0.15, -0.1) is 0 Å². The number of carbonyl (C=O) groups is 1. The molecule has 0 fully saturated rings. The Hall–Kier alpha value is -0.370. The molecule has 0 bridgehead atoms. The van der Waals surface area contributed by atoms with E-state index < -0.39 is 0 Å². The number of hydrogen-bond acceptors (Lipinski definition) is 2. The molecule has 2 nitrogen and oxygen atoms in total. The quantitative estimate of drug-likeness (QED) is 0.642. The fourth-order valence-electron chi connectivity index (χ4n) is 0. The third kappa shape index (κ3) is 25.5. The SMILES string of the molecule is CC(C)CO.CCC(C)=O. The molecule has 0 aliphatic heterocycles. The van der Waals surface area contributed by atoms with Gasteiger partial charge in [0.1, 0.15) is 5.78 Å². The summed E-state index contributed by atoms with van der Waals surface area (Å²) in [6.45, 7) is 7.68. The molecular formula is C8H18O2. The van der Waals surface area contributed by atoms with Crippen molar-refractivity contribution in [2.45, 2.75) is 34.1 Å². The van der Waals surface area contributed by atoms with Crippen LogP contribution >= 0.6 is 0 Å². The Labute approximate surface area is 63.3 Å². The third-order valence-electron chi connectivity index (χ3n) is 0.863. The van der Waals surface area contributed by atoms with Gasteiger partial charge >= 0.3 is 0 Å². The number of aliphatic hydroxyl groups excluding tert-OH is 1. The molecule has 0 aliphatic carbocycles. The molecule has 10 heavy (non-hydrogen) atoms. The fourth-order valence-corrected chi connectivity index (χ4v) is 0. The van der Waals surface area contributed by atoms with Gasteiger partial charge in [0.15, 0.2) is 0 Å². The standard InChI is InChI=1S/C4H10O.C4H8O/c1-4(2)3-5;1-3-4(2)5/h4-5H,3H2,1-2H3;3H2,1-2H3. The van der Waals surface area contributed by atoms with Gasteiger partial charge in [-0.3, -0.25) is 0 Å². The first-order valence-electron chi connectivity index (χ1n) is 3.64. The third-order valence-corrected chi connectivity index (χ3v) is 0.863. The van der Waals surface area contributed by atoms with Gasteiger partial charge in [0.05, 0.1) is 0 Å². The topological polar surface area (TPSA) is 37.3 Å². The van der Waals surface area contributed by atoms with E-state index in [-0.39, 0.29) is 5.78 Å². The van der Waals surface area contributed by atoms with Crippen molar-refractivity contribution in [3.05, 3.63) is 0 Å². The predicted octanol–water partition coefficient (Wildman–Crippen LogP) is 1.62. The average molecular weight is 146 g/mol. The summed E-state index contributed by atoms with van der Waals surface area (Å²) in [5, 5.41) is 8.14. The van der Waals surface area contributed by atoms with Gasteiger partial charge in [0, 0.05) is 13.0 Å². The number of ketones is 1. The van der Waals surface area contributed by atoms with Gasteiger partial charge < -0.3 is 9.90 Å². The molecule has 0 unspecified atom stereocenters. The van der Waals surface area contributed by atoms with Crippen LogP contribution in [-0.4, -0.2) is 17.5 Å². The molecule has 0 atom stereocenters. The number of Topliss-reactive ketones (excluding diaryl/α,β-unsaturated/α-hetero) is 1. The molecule has 0 saturated carbocycles. The van der Waals surface area contributed by atoms with E-state index in [1.54, 1.807) is 6.92 Å². The smallest absolute Gasteiger partial charge is 0.129 e. The van der Waals surface area contributed by atoms with E-state index >= 15 is 0 Å². The Morgan fingerprint density at radius 3 is 1.70 bits per heavy atom. The molecule has 0 saturated heterocycles. The van der Waals surface area contributed by atoms with Crippen LogP contribution in [0.5, 0.6) is 0 Å². The molecule has 1 N–H and O–H groups in total. The van der Waals surface area contributed by atoms with E-state index in [2.05, 4.69) is 0 Å². The van der Waals surface area contributed by atoms with Gasteiger partial charge in [0.2, 0.25) is 0 Å². The van der Waals surface area contributed by atoms with Crippen LogP contribution in [0.4, 0.5) is 0 Å². The summed E-state index contributed by atoms with van der Waals surface area (Å²) in [5.41, 5.74) is 0. The minimum atomic E-state index is 0.255. The molecule has 0 aliphatic rings. The van der Waals surface area contributed by atoms with Crippen LogP contribution in [-0.2, 0) is 4.79 Å². The Morgan fingerprint density at radius 1 is 1.50 bits per heavy atom. The summed E-state index contributed by atoms with van der Waals surface area (Å²) in [5.74, 6) is 0.694. The molecule has 62 valence electrons. The van der Waals surface area contributed by atoms with Gasteiger partial charge in [0.25, 0.3) is 0 Å². The number of hydrogen-bond donors (Lipinski definition) is 1. The van der Waals surface area contributed by atoms with Crippen LogP contribution in [0.1, 0.15) is 34.1 Å². The maximum atomic E-state index is 9.81. The van der Waals surface area contributed by atoms with Crippen LogP contribution in [0.2, 0.25) is 0 Å². The van der Waals surface area contributed by atoms with Crippen LogP contribution in [0.15, 0.2) is 0 Å². The zero-order valence-electron chi connectivity index (χ0n) is 7.35. The molecule has 0 radical (unpaired) electrons. The van der Waals surface area contributed by atoms with Gasteiger partial charge in [-0.1, -0.05) is 20.8 Å². The van der Waals surface area contributed by atoms with Crippen LogP contribution in [0.25, 0.3) is 0 Å². The largest absolute Gasteiger partial charge is 0.396 e. The normalized spacial score (nSPS) is 8.60. The van der Waals surface area contributed by atoms with E-state index in [9.17, 15) is 4.79 Å². The van der Waals surface area contributed by atoms with E-state index in [4.69, 9.17) is 5.11 Å². The van der Waals surface area contributed by atoms with Gasteiger partial charge in [-0.25, -0.2) is 0 Å². The van der Waals surface area contributed by atoms with Gasteiger partial charge in [-0.05, 0) is 12.8 Å². The zero-order chi connectivity index (χ0) is 8.57. The lowest BCUT2D eigenvalue weighted by atomic mass is 10.2. The van der Waals surface area contributed by atoms with Crippen LogP contribution < -0.4 is 0 Å². The van der Waals surface area contributed by atoms with Crippen molar-refractivity contribution in [2.24, 2.45) is 5.92 Å². The minimum absolute atomic E-state index is 0.255. The van der Waals surface area contributed by atoms with E-state index in [1.807, 2.05) is 20.8 Å². The molecule has 0 rings (SSSR count). The number of aliphatic hydroxyl groups is 1. The van der Waals surface area contributed by atoms with E-state index in [0.717, 1.165) is 0 Å². The van der Waals surface area contributed by atoms with E-state index in [0.29, 0.717) is 18.9 Å². The molecule has 0 aromatic heterocycles. The molecule has 0 aromatic rings. The Bertz CT molecular complexity index is 77.3. The monoisotopic (exact) mass is 146 g/mol. The first-order chi connectivity index (χ1) is 4.54. The molecule has 0 amide bonds. The van der Waals surface area contributed by atoms with Gasteiger partial charge in [-0.2, -0.15) is 0 Å². The Balaban J connectivity index is 0. The Morgan fingerprint density at radius 2 is 1.70 bits per heavy atom. The first kappa shape index (κ1) is 12.3. The summed E-state index contributed by atoms with van der Waals surface area (Å²) in [6, 6.07) is 0. The molecule has 0 heterocycles. The summed E-state index contributed by atoms with van der Waals surface area (Å²) < 4.78 is 0. The highest BCUT2D eigenvalue weighted by molar-refractivity contribution is 5.74. The predicted molar refractivity (Wildman–Crippen MR) is 42.9 cm³/mol. The molecule has 2 heteroatoms. The van der Waals surface area contributed by atoms with Crippen LogP contribution in [0, 0.1) is 5.92 Å². The second-order valence-electron chi connectivity index (χ2n) is 2.63. The average Bonchev–Trinajstić information content (AvgIpc) is 1.89. The Kier molecular flexibility index (Phi) is 10.6. The molecule has 0 aromatic carbocycles. The van der Waals surface area contributed by atoms with Crippen molar-refractivity contribution in [3.63, 3.8) is 0 Å². The van der Waals surface area contributed by atoms with Crippen molar-refractivity contribution in [3.8, 4) is 0 Å². The highest BCUT2D eigenvalue weighted by atomic mass is 16.3. The summed E-state index contributed by atoms with van der Waals surface area (Å²) in [6.07, 6.45) is 0.667. The van der Waals surface area contributed by atoms with E-state index in [1.165, 1.54) is 0 Å². The number of rotatable bonds is 2. The van der Waals surface area contributed by atoms with Crippen molar-refractivity contribution in [2.75, 3.05) is 6.61 Å². The molecule has 0 spiro atoms. The highest BCUT2D eigenvalue weighted by Gasteiger charge is 1.81. The maximum absolute atomic E-state index is 9.81. The van der Waals surface area contributed by atoms with Crippen molar-refractivity contribution >= 4 is 5.78 Å². The second kappa shape index (κ2) is 8.63. The van der Waals surface area contributed by atoms with Crippen LogP contribution in [0.3, 0.4) is 0 Å².